The van der Waals surface area contributed by atoms with E-state index in [2.05, 4.69) is 17.2 Å². The van der Waals surface area contributed by atoms with Crippen molar-refractivity contribution in [3.05, 3.63) is 17.8 Å². The summed E-state index contributed by atoms with van der Waals surface area (Å²) in [4.78, 5) is 4.22. The number of pyridine rings is 1. The molecule has 76 valence electrons. The minimum Gasteiger partial charge on any atom is -0.474 e. The van der Waals surface area contributed by atoms with Crippen LogP contribution in [0.2, 0.25) is 0 Å². The molecule has 1 aromatic heterocycles. The highest BCUT2D eigenvalue weighted by molar-refractivity contribution is 5.55. The molecule has 2 heterocycles. The minimum atomic E-state index is 0.0662. The van der Waals surface area contributed by atoms with Crippen LogP contribution in [0.3, 0.4) is 0 Å². The molecule has 3 N–H and O–H groups in total. The molecule has 0 fully saturated rings. The summed E-state index contributed by atoms with van der Waals surface area (Å²) < 4.78 is 5.38. The predicted molar refractivity (Wildman–Crippen MR) is 55.4 cm³/mol. The van der Waals surface area contributed by atoms with Gasteiger partial charge >= 0.3 is 0 Å². The lowest BCUT2D eigenvalue weighted by Crippen LogP contribution is -2.20. The highest BCUT2D eigenvalue weighted by Gasteiger charge is 2.13. The van der Waals surface area contributed by atoms with Gasteiger partial charge in [0.1, 0.15) is 6.61 Å². The second-order valence-corrected chi connectivity index (χ2v) is 3.41. The van der Waals surface area contributed by atoms with Crippen LogP contribution >= 0.6 is 0 Å². The number of hydrogen-bond donors (Lipinski definition) is 2. The maximum Gasteiger partial charge on any atom is 0.237 e. The van der Waals surface area contributed by atoms with Gasteiger partial charge in [-0.15, -0.1) is 0 Å². The van der Waals surface area contributed by atoms with Crippen molar-refractivity contribution in [2.24, 2.45) is 5.73 Å². The predicted octanol–water partition coefficient (Wildman–Crippen LogP) is 1.30. The smallest absolute Gasteiger partial charge is 0.237 e. The number of hydrogen-bond acceptors (Lipinski definition) is 4. The first kappa shape index (κ1) is 9.27. The van der Waals surface area contributed by atoms with Crippen molar-refractivity contribution in [2.75, 3.05) is 18.5 Å². The van der Waals surface area contributed by atoms with E-state index >= 15 is 0 Å². The van der Waals surface area contributed by atoms with Gasteiger partial charge in [-0.3, -0.25) is 0 Å². The number of ether oxygens (including phenoxy) is 1. The molecule has 0 amide bonds. The minimum absolute atomic E-state index is 0.0662. The van der Waals surface area contributed by atoms with Crippen LogP contribution in [0.15, 0.2) is 12.3 Å². The number of fused-ring (bicyclic) bond motifs is 1. The normalized spacial score (nSPS) is 16.4. The highest BCUT2D eigenvalue weighted by atomic mass is 16.5. The maximum atomic E-state index is 5.92. The fourth-order valence-electron chi connectivity index (χ4n) is 1.48. The van der Waals surface area contributed by atoms with Crippen molar-refractivity contribution in [3.63, 3.8) is 0 Å². The molecule has 0 bridgehead atoms. The molecular weight excluding hydrogens is 178 g/mol. The Kier molecular flexibility index (Phi) is 2.54. The van der Waals surface area contributed by atoms with E-state index < -0.39 is 0 Å². The van der Waals surface area contributed by atoms with Gasteiger partial charge < -0.3 is 15.8 Å². The Bertz CT molecular complexity index is 327. The lowest BCUT2D eigenvalue weighted by molar-refractivity contribution is 0.310. The van der Waals surface area contributed by atoms with Crippen LogP contribution in [0.5, 0.6) is 5.88 Å². The molecule has 0 saturated carbocycles. The molecule has 0 aliphatic carbocycles. The zero-order chi connectivity index (χ0) is 9.97. The van der Waals surface area contributed by atoms with E-state index in [1.54, 1.807) is 6.20 Å². The fraction of sp³-hybridized carbons (Fsp3) is 0.500. The molecule has 1 aliphatic heterocycles. The van der Waals surface area contributed by atoms with Gasteiger partial charge in [0.2, 0.25) is 5.88 Å². The van der Waals surface area contributed by atoms with Crippen molar-refractivity contribution >= 4 is 5.69 Å². The van der Waals surface area contributed by atoms with Crippen molar-refractivity contribution < 1.29 is 4.74 Å². The van der Waals surface area contributed by atoms with Gasteiger partial charge in [-0.25, -0.2) is 4.98 Å². The molecule has 0 aromatic carbocycles. The quantitative estimate of drug-likeness (QED) is 0.743. The van der Waals surface area contributed by atoms with Crippen LogP contribution in [-0.4, -0.2) is 18.1 Å². The lowest BCUT2D eigenvalue weighted by atomic mass is 10.1. The summed E-state index contributed by atoms with van der Waals surface area (Å²) in [7, 11) is 0. The molecule has 4 heteroatoms. The number of rotatable bonds is 2. The fourth-order valence-corrected chi connectivity index (χ4v) is 1.48. The second kappa shape index (κ2) is 3.84. The van der Waals surface area contributed by atoms with Crippen LogP contribution in [0, 0.1) is 0 Å². The Morgan fingerprint density at radius 1 is 1.71 bits per heavy atom. The second-order valence-electron chi connectivity index (χ2n) is 3.41. The molecular formula is C10H15N3O. The Morgan fingerprint density at radius 3 is 3.36 bits per heavy atom. The number of nitrogens with one attached hydrogen (secondary N) is 1. The largest absolute Gasteiger partial charge is 0.474 e. The molecule has 4 nitrogen and oxygen atoms in total. The highest BCUT2D eigenvalue weighted by Crippen LogP contribution is 2.27. The molecule has 1 atom stereocenters. The molecule has 2 rings (SSSR count). The van der Waals surface area contributed by atoms with E-state index in [1.807, 2.05) is 6.07 Å². The van der Waals surface area contributed by atoms with Crippen LogP contribution < -0.4 is 15.8 Å². The van der Waals surface area contributed by atoms with Crippen LogP contribution in [0.1, 0.15) is 24.9 Å². The summed E-state index contributed by atoms with van der Waals surface area (Å²) in [5.41, 5.74) is 7.93. The van der Waals surface area contributed by atoms with Crippen molar-refractivity contribution in [3.8, 4) is 5.88 Å². The molecule has 0 spiro atoms. The SMILES string of the molecule is CCC(N)c1cnc2c(c1)NCCO2. The van der Waals surface area contributed by atoms with Crippen LogP contribution in [-0.2, 0) is 0 Å². The molecule has 14 heavy (non-hydrogen) atoms. The first-order valence-corrected chi connectivity index (χ1v) is 4.93. The van der Waals surface area contributed by atoms with Gasteiger partial charge in [-0.2, -0.15) is 0 Å². The van der Waals surface area contributed by atoms with Gasteiger partial charge in [0.15, 0.2) is 0 Å². The van der Waals surface area contributed by atoms with E-state index in [0.29, 0.717) is 12.5 Å². The first-order valence-electron chi connectivity index (χ1n) is 4.93. The monoisotopic (exact) mass is 193 g/mol. The van der Waals surface area contributed by atoms with Gasteiger partial charge in [0.05, 0.1) is 5.69 Å². The standard InChI is InChI=1S/C10H15N3O/c1-2-8(11)7-5-9-10(13-6-7)14-4-3-12-9/h5-6,8,12H,2-4,11H2,1H3. The maximum absolute atomic E-state index is 5.92. The van der Waals surface area contributed by atoms with Gasteiger partial charge in [-0.1, -0.05) is 6.92 Å². The average Bonchev–Trinajstić information content (AvgIpc) is 2.27. The average molecular weight is 193 g/mol. The third kappa shape index (κ3) is 1.65. The van der Waals surface area contributed by atoms with E-state index in [1.165, 1.54) is 0 Å². The summed E-state index contributed by atoms with van der Waals surface area (Å²) in [5, 5.41) is 3.24. The van der Waals surface area contributed by atoms with E-state index in [0.717, 1.165) is 24.2 Å². The van der Waals surface area contributed by atoms with Crippen molar-refractivity contribution in [1.82, 2.24) is 4.98 Å². The summed E-state index contributed by atoms with van der Waals surface area (Å²) in [6, 6.07) is 2.09. The summed E-state index contributed by atoms with van der Waals surface area (Å²) >= 11 is 0. The zero-order valence-corrected chi connectivity index (χ0v) is 8.29. The third-order valence-corrected chi connectivity index (χ3v) is 2.40. The molecule has 1 unspecified atom stereocenters. The molecule has 0 saturated heterocycles. The van der Waals surface area contributed by atoms with Gasteiger partial charge in [0, 0.05) is 18.8 Å². The Hall–Kier alpha value is -1.29. The van der Waals surface area contributed by atoms with Crippen LogP contribution in [0.25, 0.3) is 0 Å². The Morgan fingerprint density at radius 2 is 2.57 bits per heavy atom. The topological polar surface area (TPSA) is 60.2 Å². The molecule has 0 radical (unpaired) electrons. The van der Waals surface area contributed by atoms with E-state index in [4.69, 9.17) is 10.5 Å². The summed E-state index contributed by atoms with van der Waals surface area (Å²) in [6.45, 7) is 3.58. The number of nitrogens with zero attached hydrogens (tertiary/aromatic N) is 1. The summed E-state index contributed by atoms with van der Waals surface area (Å²) in [5.74, 6) is 0.684. The summed E-state index contributed by atoms with van der Waals surface area (Å²) in [6.07, 6.45) is 2.71. The molecule has 1 aliphatic rings. The van der Waals surface area contributed by atoms with E-state index in [-0.39, 0.29) is 6.04 Å². The third-order valence-electron chi connectivity index (χ3n) is 2.40. The Labute approximate surface area is 83.5 Å². The lowest BCUT2D eigenvalue weighted by Gasteiger charge is -2.19. The van der Waals surface area contributed by atoms with Crippen molar-refractivity contribution in [2.45, 2.75) is 19.4 Å². The van der Waals surface area contributed by atoms with Crippen LogP contribution in [0.4, 0.5) is 5.69 Å². The Balaban J connectivity index is 2.29. The number of nitrogens with two attached hydrogens (primary N) is 1. The van der Waals surface area contributed by atoms with Gasteiger partial charge in [0.25, 0.3) is 0 Å². The number of aromatic nitrogens is 1. The number of anilines is 1. The van der Waals surface area contributed by atoms with Gasteiger partial charge in [-0.05, 0) is 18.1 Å². The molecule has 1 aromatic rings. The van der Waals surface area contributed by atoms with E-state index in [9.17, 15) is 0 Å². The zero-order valence-electron chi connectivity index (χ0n) is 8.29. The first-order chi connectivity index (χ1) is 6.81. The van der Waals surface area contributed by atoms with Crippen molar-refractivity contribution in [1.29, 1.82) is 0 Å².